The Kier molecular flexibility index (Phi) is 6.44. The zero-order valence-corrected chi connectivity index (χ0v) is 22.7. The fraction of sp³-hybridized carbons (Fsp3) is 0.276. The number of carbonyl (C=O) groups excluding carboxylic acids is 4. The van der Waals surface area contributed by atoms with Gasteiger partial charge in [-0.15, -0.1) is 0 Å². The highest BCUT2D eigenvalue weighted by Gasteiger charge is 2.55. The molecular weight excluding hydrogens is 486 g/mol. The van der Waals surface area contributed by atoms with Crippen LogP contribution in [0.5, 0.6) is 0 Å². The molecule has 37 heavy (non-hydrogen) atoms. The highest BCUT2D eigenvalue weighted by Crippen LogP contribution is 2.48. The number of fused-ring (bicyclic) bond motifs is 6. The molecule has 7 nitrogen and oxygen atoms in total. The van der Waals surface area contributed by atoms with Crippen LogP contribution in [0.15, 0.2) is 60.7 Å². The van der Waals surface area contributed by atoms with Gasteiger partial charge in [-0.3, -0.25) is 5.32 Å². The smallest absolute Gasteiger partial charge is 0.412 e. The first-order valence-corrected chi connectivity index (χ1v) is 14.9. The highest BCUT2D eigenvalue weighted by molar-refractivity contribution is 7.01. The molecule has 1 N–H and O–H groups in total. The molecule has 2 heterocycles. The Hall–Kier alpha value is -4.00. The second kappa shape index (κ2) is 9.14. The predicted molar refractivity (Wildman–Crippen MR) is 141 cm³/mol. The van der Waals surface area contributed by atoms with E-state index in [1.54, 1.807) is 0 Å². The monoisotopic (exact) mass is 515 g/mol. The van der Waals surface area contributed by atoms with Crippen molar-refractivity contribution in [1.29, 1.82) is 0 Å². The van der Waals surface area contributed by atoms with Gasteiger partial charge in [-0.2, -0.15) is 9.59 Å². The summed E-state index contributed by atoms with van der Waals surface area (Å²) in [5.74, 6) is -0.314. The van der Waals surface area contributed by atoms with Crippen molar-refractivity contribution in [2.75, 3.05) is 5.32 Å². The van der Waals surface area contributed by atoms with E-state index < -0.39 is 25.4 Å². The second-order valence-electron chi connectivity index (χ2n) is 10.8. The van der Waals surface area contributed by atoms with Gasteiger partial charge in [0.05, 0.1) is 5.56 Å². The lowest BCUT2D eigenvalue weighted by atomic mass is 9.79. The van der Waals surface area contributed by atoms with E-state index in [1.165, 1.54) is 10.8 Å². The third-order valence-electron chi connectivity index (χ3n) is 6.72. The molecule has 0 saturated heterocycles. The van der Waals surface area contributed by atoms with Crippen molar-refractivity contribution < 1.29 is 28.7 Å². The number of benzene rings is 3. The summed E-state index contributed by atoms with van der Waals surface area (Å²) >= 11 is 0. The molecule has 5 rings (SSSR count). The Morgan fingerprint density at radius 2 is 1.54 bits per heavy atom. The van der Waals surface area contributed by atoms with Gasteiger partial charge < -0.3 is 9.47 Å². The van der Waals surface area contributed by atoms with Crippen LogP contribution in [0.3, 0.4) is 0 Å². The van der Waals surface area contributed by atoms with Crippen molar-refractivity contribution in [3.05, 3.63) is 88.5 Å². The molecule has 8 heteroatoms. The van der Waals surface area contributed by atoms with Crippen molar-refractivity contribution in [3.8, 4) is 0 Å². The Balaban J connectivity index is 0.00000102. The minimum atomic E-state index is -2.21. The van der Waals surface area contributed by atoms with Gasteiger partial charge in [0, 0.05) is 22.4 Å². The zero-order chi connectivity index (χ0) is 27.2. The van der Waals surface area contributed by atoms with E-state index in [9.17, 15) is 9.59 Å². The molecule has 0 saturated carbocycles. The quantitative estimate of drug-likeness (QED) is 0.382. The molecule has 1 unspecified atom stereocenters. The molecule has 1 atom stereocenters. The average Bonchev–Trinajstić information content (AvgIpc) is 3.10. The van der Waals surface area contributed by atoms with E-state index in [0.717, 1.165) is 21.9 Å². The first-order chi connectivity index (χ1) is 17.3. The molecule has 2 aliphatic rings. The normalized spacial score (nSPS) is 18.3. The summed E-state index contributed by atoms with van der Waals surface area (Å²) in [6, 6.07) is 20.0. The lowest BCUT2D eigenvalue weighted by molar-refractivity contribution is -0.191. The second-order valence-corrected chi connectivity index (χ2v) is 15.1. The molecule has 0 aliphatic carbocycles. The maximum absolute atomic E-state index is 13.0. The highest BCUT2D eigenvalue weighted by atomic mass is 28.3. The van der Waals surface area contributed by atoms with Crippen LogP contribution in [0.2, 0.25) is 13.1 Å². The van der Waals surface area contributed by atoms with Crippen molar-refractivity contribution >= 4 is 42.3 Å². The van der Waals surface area contributed by atoms with E-state index in [-0.39, 0.29) is 12.1 Å². The van der Waals surface area contributed by atoms with Crippen molar-refractivity contribution in [2.24, 2.45) is 0 Å². The maximum Gasteiger partial charge on any atom is 0.412 e. The summed E-state index contributed by atoms with van der Waals surface area (Å²) in [6.45, 7) is 12.2. The van der Waals surface area contributed by atoms with Crippen LogP contribution < -0.4 is 15.7 Å². The topological polar surface area (TPSA) is 98.8 Å². The third kappa shape index (κ3) is 4.39. The van der Waals surface area contributed by atoms with Crippen molar-refractivity contribution in [2.45, 2.75) is 52.0 Å². The van der Waals surface area contributed by atoms with Gasteiger partial charge in [0.25, 0.3) is 0 Å². The predicted octanol–water partition coefficient (Wildman–Crippen LogP) is 4.36. The first-order valence-electron chi connectivity index (χ1n) is 11.9. The van der Waals surface area contributed by atoms with Crippen molar-refractivity contribution in [3.63, 3.8) is 0 Å². The Labute approximate surface area is 216 Å². The van der Waals surface area contributed by atoms with Crippen LogP contribution in [0, 0.1) is 6.92 Å². The fourth-order valence-corrected chi connectivity index (χ4v) is 8.52. The van der Waals surface area contributed by atoms with E-state index in [0.29, 0.717) is 11.3 Å². The summed E-state index contributed by atoms with van der Waals surface area (Å²) in [7, 11) is -2.21. The number of aryl methyl sites for hydroxylation is 1. The van der Waals surface area contributed by atoms with Gasteiger partial charge in [0.1, 0.15) is 13.7 Å². The molecule has 1 amide bonds. The SMILES string of the molecule is Cc1ccc2c(c1)[Si](C)(C)c1cc(NC(=O)OC(C)(C)C)ccc1C21OC(=O)c2ccccc21.O=C=O. The fourth-order valence-electron chi connectivity index (χ4n) is 5.26. The molecule has 190 valence electrons. The molecule has 3 aromatic rings. The standard InChI is InChI=1S/C28H29NO4Si.CO2/c1-17-11-13-21-23(15-17)34(5,6)24-16-18(29-26(31)33-27(2,3)4)12-14-22(24)28(21)20-10-8-7-9-19(20)25(30)32-28;2-1-3/h7-16H,1-6H3,(H,29,31);. The number of carbonyl (C=O) groups is 2. The van der Waals surface area contributed by atoms with Crippen LogP contribution in [0.1, 0.15) is 53.4 Å². The first kappa shape index (κ1) is 26.1. The molecule has 2 aliphatic heterocycles. The van der Waals surface area contributed by atoms with Gasteiger partial charge in [-0.1, -0.05) is 61.1 Å². The molecule has 1 spiro atoms. The third-order valence-corrected chi connectivity index (χ3v) is 10.2. The maximum atomic E-state index is 13.0. The van der Waals surface area contributed by atoms with E-state index >= 15 is 0 Å². The lowest BCUT2D eigenvalue weighted by Crippen LogP contribution is -2.63. The van der Waals surface area contributed by atoms with Crippen molar-refractivity contribution in [1.82, 2.24) is 0 Å². The van der Waals surface area contributed by atoms with Crippen LogP contribution in [0.25, 0.3) is 0 Å². The van der Waals surface area contributed by atoms with Gasteiger partial charge >= 0.3 is 18.2 Å². The summed E-state index contributed by atoms with van der Waals surface area (Å²) < 4.78 is 11.8. The van der Waals surface area contributed by atoms with E-state index in [2.05, 4.69) is 43.5 Å². The Bertz CT molecular complexity index is 1450. The summed E-state index contributed by atoms with van der Waals surface area (Å²) in [4.78, 5) is 41.8. The number of esters is 1. The Morgan fingerprint density at radius 3 is 2.19 bits per heavy atom. The lowest BCUT2D eigenvalue weighted by Gasteiger charge is -2.44. The summed E-state index contributed by atoms with van der Waals surface area (Å²) in [5, 5.41) is 5.25. The van der Waals surface area contributed by atoms with Crippen LogP contribution >= 0.6 is 0 Å². The van der Waals surface area contributed by atoms with Gasteiger partial charge in [-0.05, 0) is 56.3 Å². The summed E-state index contributed by atoms with van der Waals surface area (Å²) in [6.07, 6.45) is -0.244. The number of hydrogen-bond donors (Lipinski definition) is 1. The van der Waals surface area contributed by atoms with Crippen LogP contribution in [0.4, 0.5) is 10.5 Å². The molecule has 0 aromatic heterocycles. The number of ether oxygens (including phenoxy) is 2. The number of nitrogens with one attached hydrogen (secondary N) is 1. The number of anilines is 1. The molecule has 0 bridgehead atoms. The molecule has 3 aromatic carbocycles. The van der Waals surface area contributed by atoms with Gasteiger partial charge in [0.2, 0.25) is 0 Å². The molecular formula is C29H29NO6Si. The largest absolute Gasteiger partial charge is 0.444 e. The van der Waals surface area contributed by atoms with E-state index in [1.807, 2.05) is 63.2 Å². The summed E-state index contributed by atoms with van der Waals surface area (Å²) in [5.41, 5.74) is 3.70. The number of hydrogen-bond acceptors (Lipinski definition) is 6. The minimum absolute atomic E-state index is 0.250. The minimum Gasteiger partial charge on any atom is -0.444 e. The molecule has 0 radical (unpaired) electrons. The Morgan fingerprint density at radius 1 is 0.946 bits per heavy atom. The molecule has 0 fully saturated rings. The van der Waals surface area contributed by atoms with Crippen LogP contribution in [-0.4, -0.2) is 31.9 Å². The zero-order valence-electron chi connectivity index (χ0n) is 21.7. The number of amides is 1. The van der Waals surface area contributed by atoms with E-state index in [4.69, 9.17) is 19.1 Å². The van der Waals surface area contributed by atoms with Gasteiger partial charge in [-0.25, -0.2) is 9.59 Å². The van der Waals surface area contributed by atoms with Crippen LogP contribution in [-0.2, 0) is 24.7 Å². The average molecular weight is 516 g/mol. The number of rotatable bonds is 1. The van der Waals surface area contributed by atoms with Gasteiger partial charge in [0.15, 0.2) is 5.60 Å².